The third-order valence-corrected chi connectivity index (χ3v) is 5.63. The molecule has 2 aliphatic rings. The maximum absolute atomic E-state index is 6.21. The van der Waals surface area contributed by atoms with Gasteiger partial charge in [0, 0.05) is 50.9 Å². The molecule has 2 heterocycles. The van der Waals surface area contributed by atoms with E-state index in [9.17, 15) is 0 Å². The maximum atomic E-state index is 6.21. The van der Waals surface area contributed by atoms with E-state index in [1.807, 2.05) is 0 Å². The maximum Gasteiger partial charge on any atom is 0.191 e. The molecule has 1 saturated heterocycles. The number of aryl methyl sites for hydroxylation is 1. The number of nitrogens with one attached hydrogen (secondary N) is 2. The molecule has 0 amide bonds. The van der Waals surface area contributed by atoms with Crippen LogP contribution in [0.2, 0.25) is 0 Å². The van der Waals surface area contributed by atoms with Crippen molar-refractivity contribution in [2.75, 3.05) is 38.3 Å². The highest BCUT2D eigenvalue weighted by molar-refractivity contribution is 5.79. The molecular weight excluding hydrogens is 388 g/mol. The van der Waals surface area contributed by atoms with Gasteiger partial charge in [-0.3, -0.25) is 4.99 Å². The highest BCUT2D eigenvalue weighted by Gasteiger charge is 2.19. The van der Waals surface area contributed by atoms with Gasteiger partial charge in [0.1, 0.15) is 11.9 Å². The van der Waals surface area contributed by atoms with Crippen LogP contribution in [0.4, 0.5) is 5.69 Å². The van der Waals surface area contributed by atoms with Crippen LogP contribution in [-0.2, 0) is 17.8 Å². The summed E-state index contributed by atoms with van der Waals surface area (Å²) in [7, 11) is 1.80. The monoisotopic (exact) mass is 420 g/mol. The molecule has 4 rings (SSSR count). The van der Waals surface area contributed by atoms with Gasteiger partial charge in [0.05, 0.1) is 13.2 Å². The van der Waals surface area contributed by atoms with Crippen LogP contribution in [0.5, 0.6) is 5.75 Å². The number of anilines is 1. The van der Waals surface area contributed by atoms with Crippen LogP contribution in [0, 0.1) is 6.92 Å². The molecular formula is C25H32N4O2. The molecule has 31 heavy (non-hydrogen) atoms. The van der Waals surface area contributed by atoms with Gasteiger partial charge in [-0.15, -0.1) is 0 Å². The number of benzene rings is 2. The van der Waals surface area contributed by atoms with E-state index >= 15 is 0 Å². The molecule has 2 N–H and O–H groups in total. The van der Waals surface area contributed by atoms with Crippen molar-refractivity contribution in [3.05, 3.63) is 71.3 Å². The summed E-state index contributed by atoms with van der Waals surface area (Å²) in [5.74, 6) is 1.69. The van der Waals surface area contributed by atoms with Crippen LogP contribution >= 0.6 is 0 Å². The second-order valence-electron chi connectivity index (χ2n) is 8.04. The summed E-state index contributed by atoms with van der Waals surface area (Å²) < 4.78 is 11.7. The molecule has 0 bridgehead atoms. The lowest BCUT2D eigenvalue weighted by atomic mass is 10.1. The molecule has 0 aliphatic carbocycles. The molecule has 6 heteroatoms. The van der Waals surface area contributed by atoms with Gasteiger partial charge in [-0.25, -0.2) is 0 Å². The minimum atomic E-state index is 0.135. The first-order valence-corrected chi connectivity index (χ1v) is 11.0. The molecule has 164 valence electrons. The van der Waals surface area contributed by atoms with E-state index < -0.39 is 0 Å². The zero-order valence-corrected chi connectivity index (χ0v) is 18.4. The first-order valence-electron chi connectivity index (χ1n) is 11.0. The van der Waals surface area contributed by atoms with E-state index in [1.54, 1.807) is 7.05 Å². The lowest BCUT2D eigenvalue weighted by Gasteiger charge is -2.19. The predicted octanol–water partition coefficient (Wildman–Crippen LogP) is 3.40. The number of nitrogens with zero attached hydrogens (tertiary/aromatic N) is 2. The molecule has 0 radical (unpaired) electrons. The van der Waals surface area contributed by atoms with E-state index in [4.69, 9.17) is 9.47 Å². The van der Waals surface area contributed by atoms with E-state index in [1.165, 1.54) is 16.8 Å². The van der Waals surface area contributed by atoms with Crippen LogP contribution < -0.4 is 20.3 Å². The zero-order chi connectivity index (χ0) is 21.5. The number of rotatable bonds is 7. The van der Waals surface area contributed by atoms with Gasteiger partial charge in [-0.2, -0.15) is 0 Å². The summed E-state index contributed by atoms with van der Waals surface area (Å²) in [4.78, 5) is 6.73. The standard InChI is InChI=1S/C25H32N4O2/c1-19-8-9-21(24(14-19)31-23-10-13-30-18-23)17-28-25(26-2)27-16-20-6-5-7-22(15-20)29-11-3-4-12-29/h3-9,14-15,23H,10-13,16-18H2,1-2H3,(H2,26,27,28). The Hall–Kier alpha value is -2.99. The summed E-state index contributed by atoms with van der Waals surface area (Å²) in [6.07, 6.45) is 5.49. The average molecular weight is 421 g/mol. The van der Waals surface area contributed by atoms with Gasteiger partial charge in [0.25, 0.3) is 0 Å². The van der Waals surface area contributed by atoms with Crippen LogP contribution in [-0.4, -0.2) is 45.4 Å². The van der Waals surface area contributed by atoms with Crippen LogP contribution in [0.15, 0.2) is 59.6 Å². The smallest absolute Gasteiger partial charge is 0.191 e. The van der Waals surface area contributed by atoms with Crippen LogP contribution in [0.25, 0.3) is 0 Å². The molecule has 0 saturated carbocycles. The molecule has 0 aromatic heterocycles. The average Bonchev–Trinajstić information content (AvgIpc) is 3.50. The Morgan fingerprint density at radius 3 is 2.74 bits per heavy atom. The molecule has 1 fully saturated rings. The summed E-state index contributed by atoms with van der Waals surface area (Å²) in [5, 5.41) is 6.84. The van der Waals surface area contributed by atoms with Crippen LogP contribution in [0.3, 0.4) is 0 Å². The van der Waals surface area contributed by atoms with Gasteiger partial charge < -0.3 is 25.0 Å². The first-order chi connectivity index (χ1) is 15.2. The first kappa shape index (κ1) is 21.2. The van der Waals surface area contributed by atoms with Crippen molar-refractivity contribution >= 4 is 11.6 Å². The zero-order valence-electron chi connectivity index (χ0n) is 18.4. The Balaban J connectivity index is 1.33. The second-order valence-corrected chi connectivity index (χ2v) is 8.04. The Morgan fingerprint density at radius 2 is 1.97 bits per heavy atom. The topological polar surface area (TPSA) is 58.1 Å². The Labute approximate surface area is 185 Å². The summed E-state index contributed by atoms with van der Waals surface area (Å²) in [6.45, 7) is 6.84. The minimum absolute atomic E-state index is 0.135. The molecule has 1 unspecified atom stereocenters. The third-order valence-electron chi connectivity index (χ3n) is 5.63. The molecule has 1 atom stereocenters. The lowest BCUT2D eigenvalue weighted by Crippen LogP contribution is -2.36. The van der Waals surface area contributed by atoms with Crippen molar-refractivity contribution in [2.24, 2.45) is 4.99 Å². The van der Waals surface area contributed by atoms with Crippen molar-refractivity contribution in [1.29, 1.82) is 0 Å². The third kappa shape index (κ3) is 5.79. The fourth-order valence-electron chi connectivity index (χ4n) is 3.84. The van der Waals surface area contributed by atoms with Gasteiger partial charge in [0.15, 0.2) is 5.96 Å². The normalized spacial score (nSPS) is 18.5. The molecule has 0 spiro atoms. The predicted molar refractivity (Wildman–Crippen MR) is 126 cm³/mol. The van der Waals surface area contributed by atoms with Crippen molar-refractivity contribution in [2.45, 2.75) is 32.5 Å². The number of hydrogen-bond acceptors (Lipinski definition) is 4. The number of hydrogen-bond donors (Lipinski definition) is 2. The number of guanidine groups is 1. The summed E-state index contributed by atoms with van der Waals surface area (Å²) >= 11 is 0. The highest BCUT2D eigenvalue weighted by Crippen LogP contribution is 2.24. The Bertz CT molecular complexity index is 927. The van der Waals surface area contributed by atoms with Crippen molar-refractivity contribution in [3.63, 3.8) is 0 Å². The number of aliphatic imine (C=N–C) groups is 1. The van der Waals surface area contributed by atoms with Crippen molar-refractivity contribution in [1.82, 2.24) is 10.6 Å². The lowest BCUT2D eigenvalue weighted by molar-refractivity contribution is 0.140. The number of ether oxygens (including phenoxy) is 2. The van der Waals surface area contributed by atoms with Gasteiger partial charge in [-0.1, -0.05) is 36.4 Å². The second kappa shape index (κ2) is 10.4. The quantitative estimate of drug-likeness (QED) is 0.408. The van der Waals surface area contributed by atoms with Crippen molar-refractivity contribution < 1.29 is 9.47 Å². The molecule has 6 nitrogen and oxygen atoms in total. The van der Waals surface area contributed by atoms with Crippen LogP contribution in [0.1, 0.15) is 23.1 Å². The van der Waals surface area contributed by atoms with Gasteiger partial charge in [0.2, 0.25) is 0 Å². The van der Waals surface area contributed by atoms with E-state index in [2.05, 4.69) is 82.1 Å². The largest absolute Gasteiger partial charge is 0.488 e. The Morgan fingerprint density at radius 1 is 1.13 bits per heavy atom. The van der Waals surface area contributed by atoms with E-state index in [-0.39, 0.29) is 6.10 Å². The van der Waals surface area contributed by atoms with E-state index in [0.717, 1.165) is 43.4 Å². The fraction of sp³-hybridized carbons (Fsp3) is 0.400. The summed E-state index contributed by atoms with van der Waals surface area (Å²) in [6, 6.07) is 15.0. The summed E-state index contributed by atoms with van der Waals surface area (Å²) in [5.41, 5.74) is 4.79. The Kier molecular flexibility index (Phi) is 7.10. The minimum Gasteiger partial charge on any atom is -0.488 e. The molecule has 2 aromatic carbocycles. The highest BCUT2D eigenvalue weighted by atomic mass is 16.5. The van der Waals surface area contributed by atoms with Gasteiger partial charge >= 0.3 is 0 Å². The van der Waals surface area contributed by atoms with Gasteiger partial charge in [-0.05, 0) is 36.2 Å². The molecule has 2 aliphatic heterocycles. The SMILES string of the molecule is CN=C(NCc1cccc(N2CC=CC2)c1)NCc1ccc(C)cc1OC1CCOC1. The molecule has 2 aromatic rings. The fourth-order valence-corrected chi connectivity index (χ4v) is 3.84. The van der Waals surface area contributed by atoms with E-state index in [0.29, 0.717) is 19.7 Å². The van der Waals surface area contributed by atoms with Crippen molar-refractivity contribution in [3.8, 4) is 5.75 Å².